The predicted molar refractivity (Wildman–Crippen MR) is 80.8 cm³/mol. The lowest BCUT2D eigenvalue weighted by Crippen LogP contribution is -2.45. The third-order valence-corrected chi connectivity index (χ3v) is 5.34. The summed E-state index contributed by atoms with van der Waals surface area (Å²) in [5.41, 5.74) is 0.488. The average Bonchev–Trinajstić information content (AvgIpc) is 2.26. The number of nitrogens with one attached hydrogen (secondary N) is 1. The second-order valence-corrected chi connectivity index (χ2v) is 7.95. The lowest BCUT2D eigenvalue weighted by atomic mass is 9.71. The fourth-order valence-electron chi connectivity index (χ4n) is 2.88. The minimum Gasteiger partial charge on any atom is -0.313 e. The van der Waals surface area contributed by atoms with Gasteiger partial charge in [-0.25, -0.2) is 0 Å². The summed E-state index contributed by atoms with van der Waals surface area (Å²) >= 11 is 2.17. The van der Waals surface area contributed by atoms with Crippen molar-refractivity contribution in [3.05, 3.63) is 0 Å². The van der Waals surface area contributed by atoms with E-state index in [-0.39, 0.29) is 0 Å². The molecule has 0 heterocycles. The molecule has 3 unspecified atom stereocenters. The highest BCUT2D eigenvalue weighted by Gasteiger charge is 2.35. The summed E-state index contributed by atoms with van der Waals surface area (Å²) in [4.78, 5) is 0. The highest BCUT2D eigenvalue weighted by Crippen LogP contribution is 2.41. The summed E-state index contributed by atoms with van der Waals surface area (Å²) in [6, 6.07) is 0.762. The molecule has 0 aromatic rings. The van der Waals surface area contributed by atoms with Gasteiger partial charge in [0.25, 0.3) is 0 Å². The molecule has 0 spiro atoms. The second-order valence-electron chi connectivity index (χ2n) is 6.43. The van der Waals surface area contributed by atoms with Gasteiger partial charge in [-0.2, -0.15) is 11.8 Å². The van der Waals surface area contributed by atoms with E-state index in [0.29, 0.717) is 5.41 Å². The van der Waals surface area contributed by atoms with Crippen LogP contribution >= 0.6 is 11.8 Å². The molecule has 102 valence electrons. The van der Waals surface area contributed by atoms with Gasteiger partial charge < -0.3 is 5.32 Å². The third-order valence-electron chi connectivity index (χ3n) is 4.05. The molecule has 1 rings (SSSR count). The van der Waals surface area contributed by atoms with Gasteiger partial charge in [0.1, 0.15) is 0 Å². The van der Waals surface area contributed by atoms with Crippen molar-refractivity contribution in [1.29, 1.82) is 0 Å². The minimum absolute atomic E-state index is 0.488. The normalized spacial score (nSPS) is 30.5. The molecule has 0 aliphatic heterocycles. The molecule has 0 aromatic heterocycles. The lowest BCUT2D eigenvalue weighted by molar-refractivity contribution is 0.165. The van der Waals surface area contributed by atoms with Crippen molar-refractivity contribution in [2.45, 2.75) is 71.6 Å². The molecule has 0 saturated heterocycles. The van der Waals surface area contributed by atoms with Crippen LogP contribution in [0.1, 0.15) is 60.3 Å². The first kappa shape index (κ1) is 15.4. The van der Waals surface area contributed by atoms with Crippen LogP contribution < -0.4 is 5.32 Å². The molecule has 1 saturated carbocycles. The molecule has 1 aliphatic carbocycles. The first-order valence-electron chi connectivity index (χ1n) is 7.34. The first-order chi connectivity index (χ1) is 7.99. The Labute approximate surface area is 113 Å². The van der Waals surface area contributed by atoms with Crippen LogP contribution in [0.2, 0.25) is 0 Å². The highest BCUT2D eigenvalue weighted by molar-refractivity contribution is 7.99. The van der Waals surface area contributed by atoms with Gasteiger partial charge in [0.05, 0.1) is 0 Å². The Balaban J connectivity index is 2.54. The Morgan fingerprint density at radius 1 is 1.18 bits per heavy atom. The van der Waals surface area contributed by atoms with Crippen molar-refractivity contribution >= 4 is 11.8 Å². The SMILES string of the molecule is CCCNC1CCC(C(C)(C)C)CC1SCC. The predicted octanol–water partition coefficient (Wildman–Crippen LogP) is 4.32. The maximum Gasteiger partial charge on any atom is 0.0203 e. The number of hydrogen-bond acceptors (Lipinski definition) is 2. The van der Waals surface area contributed by atoms with E-state index in [1.807, 2.05) is 0 Å². The van der Waals surface area contributed by atoms with Crippen LogP contribution in [-0.2, 0) is 0 Å². The molecule has 3 atom stereocenters. The van der Waals surface area contributed by atoms with Crippen LogP contribution in [-0.4, -0.2) is 23.6 Å². The van der Waals surface area contributed by atoms with Gasteiger partial charge in [0, 0.05) is 11.3 Å². The molecule has 1 nitrogen and oxygen atoms in total. The molecule has 0 radical (unpaired) electrons. The Morgan fingerprint density at radius 3 is 2.41 bits per heavy atom. The Bertz CT molecular complexity index is 209. The van der Waals surface area contributed by atoms with Crippen molar-refractivity contribution < 1.29 is 0 Å². The van der Waals surface area contributed by atoms with Crippen LogP contribution in [0.5, 0.6) is 0 Å². The van der Waals surface area contributed by atoms with Crippen molar-refractivity contribution in [3.63, 3.8) is 0 Å². The van der Waals surface area contributed by atoms with E-state index in [0.717, 1.165) is 17.2 Å². The standard InChI is InChI=1S/C15H31NS/c1-6-10-16-13-9-8-12(15(3,4)5)11-14(13)17-7-2/h12-14,16H,6-11H2,1-5H3. The molecule has 17 heavy (non-hydrogen) atoms. The van der Waals surface area contributed by atoms with E-state index in [1.54, 1.807) is 0 Å². The Hall–Kier alpha value is 0.310. The van der Waals surface area contributed by atoms with Crippen molar-refractivity contribution in [2.24, 2.45) is 11.3 Å². The molecular weight excluding hydrogens is 226 g/mol. The van der Waals surface area contributed by atoms with E-state index < -0.39 is 0 Å². The fourth-order valence-corrected chi connectivity index (χ4v) is 4.14. The zero-order valence-corrected chi connectivity index (χ0v) is 13.2. The van der Waals surface area contributed by atoms with E-state index in [1.165, 1.54) is 38.0 Å². The molecule has 2 heteroatoms. The van der Waals surface area contributed by atoms with Crippen molar-refractivity contribution in [1.82, 2.24) is 5.32 Å². The molecule has 0 amide bonds. The van der Waals surface area contributed by atoms with Gasteiger partial charge >= 0.3 is 0 Å². The molecule has 0 aromatic carbocycles. The Kier molecular flexibility index (Phi) is 6.36. The molecular formula is C15H31NS. The van der Waals surface area contributed by atoms with E-state index in [4.69, 9.17) is 0 Å². The van der Waals surface area contributed by atoms with Crippen LogP contribution in [0.25, 0.3) is 0 Å². The second kappa shape index (κ2) is 7.04. The van der Waals surface area contributed by atoms with Crippen molar-refractivity contribution in [2.75, 3.05) is 12.3 Å². The summed E-state index contributed by atoms with van der Waals surface area (Å²) in [5.74, 6) is 2.16. The topological polar surface area (TPSA) is 12.0 Å². The molecule has 1 N–H and O–H groups in total. The smallest absolute Gasteiger partial charge is 0.0203 e. The van der Waals surface area contributed by atoms with Crippen LogP contribution in [0, 0.1) is 11.3 Å². The van der Waals surface area contributed by atoms with Crippen molar-refractivity contribution in [3.8, 4) is 0 Å². The van der Waals surface area contributed by atoms with Gasteiger partial charge in [-0.05, 0) is 49.3 Å². The molecule has 1 aliphatic rings. The number of hydrogen-bond donors (Lipinski definition) is 1. The zero-order chi connectivity index (χ0) is 12.9. The molecule has 1 fully saturated rings. The number of thioether (sulfide) groups is 1. The van der Waals surface area contributed by atoms with Crippen LogP contribution in [0.15, 0.2) is 0 Å². The van der Waals surface area contributed by atoms with Crippen LogP contribution in [0.3, 0.4) is 0 Å². The van der Waals surface area contributed by atoms with Gasteiger partial charge in [0.15, 0.2) is 0 Å². The summed E-state index contributed by atoms with van der Waals surface area (Å²) in [6.45, 7) is 13.0. The van der Waals surface area contributed by atoms with E-state index in [9.17, 15) is 0 Å². The first-order valence-corrected chi connectivity index (χ1v) is 8.38. The Morgan fingerprint density at radius 2 is 1.88 bits per heavy atom. The highest BCUT2D eigenvalue weighted by atomic mass is 32.2. The summed E-state index contributed by atoms with van der Waals surface area (Å²) in [7, 11) is 0. The fraction of sp³-hybridized carbons (Fsp3) is 1.00. The monoisotopic (exact) mass is 257 g/mol. The third kappa shape index (κ3) is 4.82. The lowest BCUT2D eigenvalue weighted by Gasteiger charge is -2.42. The molecule has 0 bridgehead atoms. The zero-order valence-electron chi connectivity index (χ0n) is 12.4. The van der Waals surface area contributed by atoms with E-state index >= 15 is 0 Å². The summed E-state index contributed by atoms with van der Waals surface area (Å²) in [5, 5.41) is 4.59. The average molecular weight is 257 g/mol. The van der Waals surface area contributed by atoms with Gasteiger partial charge in [-0.3, -0.25) is 0 Å². The van der Waals surface area contributed by atoms with Gasteiger partial charge in [-0.15, -0.1) is 0 Å². The maximum atomic E-state index is 3.76. The summed E-state index contributed by atoms with van der Waals surface area (Å²) in [6.07, 6.45) is 5.44. The van der Waals surface area contributed by atoms with Gasteiger partial charge in [-0.1, -0.05) is 34.6 Å². The maximum absolute atomic E-state index is 3.76. The van der Waals surface area contributed by atoms with E-state index in [2.05, 4.69) is 51.7 Å². The largest absolute Gasteiger partial charge is 0.313 e. The summed E-state index contributed by atoms with van der Waals surface area (Å²) < 4.78 is 0. The minimum atomic E-state index is 0.488. The van der Waals surface area contributed by atoms with Gasteiger partial charge in [0.2, 0.25) is 0 Å². The number of rotatable bonds is 5. The quantitative estimate of drug-likeness (QED) is 0.787. The van der Waals surface area contributed by atoms with Crippen LogP contribution in [0.4, 0.5) is 0 Å².